The van der Waals surface area contributed by atoms with Crippen LogP contribution in [0.5, 0.6) is 0 Å². The van der Waals surface area contributed by atoms with E-state index in [-0.39, 0.29) is 5.76 Å². The summed E-state index contributed by atoms with van der Waals surface area (Å²) in [5.41, 5.74) is 1.85. The smallest absolute Gasteiger partial charge is 0.373 e. The number of rotatable bonds is 4. The molecule has 96 valence electrons. The normalized spacial score (nSPS) is 10.4. The second kappa shape index (κ2) is 4.95. The fourth-order valence-corrected chi connectivity index (χ4v) is 1.64. The lowest BCUT2D eigenvalue weighted by molar-refractivity contribution is 0.0563. The number of hydrogen-bond donors (Lipinski definition) is 1. The SMILES string of the molecule is COC(=O)c1ccc(CNc2cn(C)nc2C)o1. The number of ether oxygens (including phenoxy) is 1. The van der Waals surface area contributed by atoms with E-state index in [1.165, 1.54) is 7.11 Å². The zero-order chi connectivity index (χ0) is 13.1. The molecule has 0 aliphatic carbocycles. The zero-order valence-corrected chi connectivity index (χ0v) is 10.6. The molecule has 2 heterocycles. The minimum atomic E-state index is -0.473. The summed E-state index contributed by atoms with van der Waals surface area (Å²) in [4.78, 5) is 11.2. The Morgan fingerprint density at radius 2 is 2.33 bits per heavy atom. The Bertz CT molecular complexity index is 557. The van der Waals surface area contributed by atoms with Crippen molar-refractivity contribution >= 4 is 11.7 Å². The van der Waals surface area contributed by atoms with Gasteiger partial charge < -0.3 is 14.5 Å². The third-order valence-electron chi connectivity index (χ3n) is 2.51. The Balaban J connectivity index is 2.00. The maximum Gasteiger partial charge on any atom is 0.373 e. The highest BCUT2D eigenvalue weighted by Gasteiger charge is 2.11. The molecule has 0 saturated heterocycles. The summed E-state index contributed by atoms with van der Waals surface area (Å²) in [5.74, 6) is 0.398. The minimum absolute atomic E-state index is 0.206. The van der Waals surface area contributed by atoms with Gasteiger partial charge in [0.25, 0.3) is 0 Å². The highest BCUT2D eigenvalue weighted by atomic mass is 16.5. The molecule has 0 aliphatic rings. The predicted octanol–water partition coefficient (Wildman–Crippen LogP) is 1.72. The van der Waals surface area contributed by atoms with Crippen LogP contribution in [0.15, 0.2) is 22.7 Å². The number of esters is 1. The molecule has 6 heteroatoms. The number of hydrogen-bond acceptors (Lipinski definition) is 5. The molecule has 0 radical (unpaired) electrons. The van der Waals surface area contributed by atoms with Crippen LogP contribution in [-0.4, -0.2) is 22.9 Å². The molecule has 2 aromatic rings. The molecular formula is C12H15N3O3. The molecule has 0 aromatic carbocycles. The standard InChI is InChI=1S/C12H15N3O3/c1-8-10(7-15(2)14-8)13-6-9-4-5-11(18-9)12(16)17-3/h4-5,7,13H,6H2,1-3H3. The largest absolute Gasteiger partial charge is 0.463 e. The van der Waals surface area contributed by atoms with Crippen LogP contribution in [-0.2, 0) is 18.3 Å². The summed E-state index contributed by atoms with van der Waals surface area (Å²) in [6.45, 7) is 2.41. The Kier molecular flexibility index (Phi) is 3.36. The number of anilines is 1. The average Bonchev–Trinajstić information content (AvgIpc) is 2.92. The molecule has 0 saturated carbocycles. The van der Waals surface area contributed by atoms with E-state index in [0.717, 1.165) is 11.4 Å². The Hall–Kier alpha value is -2.24. The van der Waals surface area contributed by atoms with E-state index < -0.39 is 5.97 Å². The van der Waals surface area contributed by atoms with Crippen molar-refractivity contribution in [3.8, 4) is 0 Å². The maximum absolute atomic E-state index is 11.2. The van der Waals surface area contributed by atoms with Crippen molar-refractivity contribution in [2.45, 2.75) is 13.5 Å². The second-order valence-electron chi connectivity index (χ2n) is 3.91. The Morgan fingerprint density at radius 1 is 1.56 bits per heavy atom. The van der Waals surface area contributed by atoms with Gasteiger partial charge in [-0.05, 0) is 19.1 Å². The van der Waals surface area contributed by atoms with Gasteiger partial charge in [-0.2, -0.15) is 5.10 Å². The number of carbonyl (C=O) groups is 1. The fraction of sp³-hybridized carbons (Fsp3) is 0.333. The van der Waals surface area contributed by atoms with E-state index in [2.05, 4.69) is 15.2 Å². The van der Waals surface area contributed by atoms with Crippen LogP contribution in [0.1, 0.15) is 22.0 Å². The van der Waals surface area contributed by atoms with Crippen molar-refractivity contribution in [3.63, 3.8) is 0 Å². The van der Waals surface area contributed by atoms with Crippen molar-refractivity contribution in [1.82, 2.24) is 9.78 Å². The van der Waals surface area contributed by atoms with Gasteiger partial charge in [0.1, 0.15) is 5.76 Å². The van der Waals surface area contributed by atoms with Gasteiger partial charge in [-0.15, -0.1) is 0 Å². The van der Waals surface area contributed by atoms with Crippen LogP contribution >= 0.6 is 0 Å². The van der Waals surface area contributed by atoms with Crippen molar-refractivity contribution in [1.29, 1.82) is 0 Å². The maximum atomic E-state index is 11.2. The molecule has 2 aromatic heterocycles. The Labute approximate surface area is 105 Å². The molecule has 0 aliphatic heterocycles. The molecule has 0 amide bonds. The van der Waals surface area contributed by atoms with E-state index in [1.807, 2.05) is 20.2 Å². The first-order valence-corrected chi connectivity index (χ1v) is 5.51. The van der Waals surface area contributed by atoms with Crippen LogP contribution in [0.2, 0.25) is 0 Å². The predicted molar refractivity (Wildman–Crippen MR) is 65.3 cm³/mol. The summed E-state index contributed by atoms with van der Waals surface area (Å²) >= 11 is 0. The first-order valence-electron chi connectivity index (χ1n) is 5.51. The van der Waals surface area contributed by atoms with Crippen molar-refractivity contribution in [2.75, 3.05) is 12.4 Å². The van der Waals surface area contributed by atoms with Gasteiger partial charge in [0, 0.05) is 13.2 Å². The Morgan fingerprint density at radius 3 is 2.94 bits per heavy atom. The van der Waals surface area contributed by atoms with Crippen molar-refractivity contribution in [3.05, 3.63) is 35.5 Å². The number of carbonyl (C=O) groups excluding carboxylic acids is 1. The number of nitrogens with zero attached hydrogens (tertiary/aromatic N) is 2. The first-order chi connectivity index (χ1) is 8.60. The van der Waals surface area contributed by atoms with Crippen LogP contribution in [0.3, 0.4) is 0 Å². The zero-order valence-electron chi connectivity index (χ0n) is 10.6. The van der Waals surface area contributed by atoms with Crippen molar-refractivity contribution in [2.24, 2.45) is 7.05 Å². The minimum Gasteiger partial charge on any atom is -0.463 e. The van der Waals surface area contributed by atoms with E-state index in [1.54, 1.807) is 16.8 Å². The van der Waals surface area contributed by atoms with Crippen LogP contribution < -0.4 is 5.32 Å². The third-order valence-corrected chi connectivity index (χ3v) is 2.51. The summed E-state index contributed by atoms with van der Waals surface area (Å²) in [6, 6.07) is 3.34. The summed E-state index contributed by atoms with van der Waals surface area (Å²) in [7, 11) is 3.18. The fourth-order valence-electron chi connectivity index (χ4n) is 1.64. The molecule has 0 spiro atoms. The van der Waals surface area contributed by atoms with E-state index in [4.69, 9.17) is 4.42 Å². The van der Waals surface area contributed by atoms with E-state index >= 15 is 0 Å². The molecule has 0 fully saturated rings. The third kappa shape index (κ3) is 2.53. The van der Waals surface area contributed by atoms with Crippen LogP contribution in [0.4, 0.5) is 5.69 Å². The topological polar surface area (TPSA) is 69.3 Å². The van der Waals surface area contributed by atoms with Gasteiger partial charge in [-0.1, -0.05) is 0 Å². The monoisotopic (exact) mass is 249 g/mol. The number of aromatic nitrogens is 2. The summed E-state index contributed by atoms with van der Waals surface area (Å²) < 4.78 is 11.6. The molecule has 0 atom stereocenters. The molecule has 0 bridgehead atoms. The summed E-state index contributed by atoms with van der Waals surface area (Å²) in [6.07, 6.45) is 1.89. The van der Waals surface area contributed by atoms with Gasteiger partial charge >= 0.3 is 5.97 Å². The van der Waals surface area contributed by atoms with E-state index in [9.17, 15) is 4.79 Å². The van der Waals surface area contributed by atoms with Gasteiger partial charge in [-0.3, -0.25) is 4.68 Å². The first kappa shape index (κ1) is 12.2. The van der Waals surface area contributed by atoms with Gasteiger partial charge in [0.2, 0.25) is 5.76 Å². The van der Waals surface area contributed by atoms with Gasteiger partial charge in [0.15, 0.2) is 0 Å². The lowest BCUT2D eigenvalue weighted by Crippen LogP contribution is -2.00. The highest BCUT2D eigenvalue weighted by molar-refractivity contribution is 5.86. The molecule has 6 nitrogen and oxygen atoms in total. The number of aryl methyl sites for hydroxylation is 2. The lowest BCUT2D eigenvalue weighted by Gasteiger charge is -2.01. The van der Waals surface area contributed by atoms with Crippen molar-refractivity contribution < 1.29 is 13.9 Å². The second-order valence-corrected chi connectivity index (χ2v) is 3.91. The molecule has 2 rings (SSSR count). The number of furan rings is 1. The molecular weight excluding hydrogens is 234 g/mol. The molecule has 18 heavy (non-hydrogen) atoms. The van der Waals surface area contributed by atoms with Gasteiger partial charge in [-0.25, -0.2) is 4.79 Å². The molecule has 0 unspecified atom stereocenters. The quantitative estimate of drug-likeness (QED) is 0.835. The summed E-state index contributed by atoms with van der Waals surface area (Å²) in [5, 5.41) is 7.41. The lowest BCUT2D eigenvalue weighted by atomic mass is 10.3. The average molecular weight is 249 g/mol. The highest BCUT2D eigenvalue weighted by Crippen LogP contribution is 2.15. The molecule has 1 N–H and O–H groups in total. The number of methoxy groups -OCH3 is 1. The van der Waals surface area contributed by atoms with E-state index in [0.29, 0.717) is 12.3 Å². The number of nitrogens with one attached hydrogen (secondary N) is 1. The van der Waals surface area contributed by atoms with Crippen LogP contribution in [0, 0.1) is 6.92 Å². The van der Waals surface area contributed by atoms with Crippen LogP contribution in [0.25, 0.3) is 0 Å². The van der Waals surface area contributed by atoms with Gasteiger partial charge in [0.05, 0.1) is 25.0 Å².